The molecule has 0 saturated carbocycles. The number of amides is 1. The molecule has 1 atom stereocenters. The lowest BCUT2D eigenvalue weighted by Crippen LogP contribution is -2.51. The molecule has 1 amide bonds. The summed E-state index contributed by atoms with van der Waals surface area (Å²) in [5.41, 5.74) is 1.02. The third kappa shape index (κ3) is 7.25. The Morgan fingerprint density at radius 2 is 1.50 bits per heavy atom. The lowest BCUT2D eigenvalue weighted by atomic mass is 9.86. The number of fused-ring (bicyclic) bond motifs is 1. The van der Waals surface area contributed by atoms with Crippen LogP contribution in [0.1, 0.15) is 26.3 Å². The number of rotatable bonds is 10. The maximum Gasteiger partial charge on any atom is 0.264 e. The predicted molar refractivity (Wildman–Crippen MR) is 172 cm³/mol. The average molecular weight is 674 g/mol. The second-order valence-electron chi connectivity index (χ2n) is 11.9. The summed E-state index contributed by atoms with van der Waals surface area (Å²) in [6.45, 7) is 7.38. The van der Waals surface area contributed by atoms with Gasteiger partial charge >= 0.3 is 0 Å². The van der Waals surface area contributed by atoms with Crippen LogP contribution in [0, 0.1) is 0 Å². The van der Waals surface area contributed by atoms with Crippen molar-refractivity contribution in [3.8, 4) is 17.2 Å². The third-order valence-electron chi connectivity index (χ3n) is 7.74. The number of nitrogens with one attached hydrogen (secondary N) is 1. The first kappa shape index (κ1) is 33.5. The number of methoxy groups -OCH3 is 1. The predicted octanol–water partition coefficient (Wildman–Crippen LogP) is 3.17. The highest BCUT2D eigenvalue weighted by molar-refractivity contribution is 7.92. The van der Waals surface area contributed by atoms with E-state index in [-0.39, 0.29) is 40.7 Å². The maximum absolute atomic E-state index is 13.9. The fraction of sp³-hybridized carbons (Fsp3) is 0.406. The standard InChI is InChI=1S/C32H39N3O9S2/c1-32(2,3)23-5-14-29-28(21-23)35(46(39,40)27-10-6-24(41-4)7-11-27)22-30(44-29)31(36)33-15-18-43-25-8-12-26(13-9-25)45(37,38)34-16-19-42-20-17-34/h5-14,21,30H,15-20,22H2,1-4H3,(H,33,36). The summed E-state index contributed by atoms with van der Waals surface area (Å²) in [4.78, 5) is 13.4. The minimum atomic E-state index is -4.07. The van der Waals surface area contributed by atoms with E-state index in [2.05, 4.69) is 5.32 Å². The topological polar surface area (TPSA) is 141 Å². The number of carbonyl (C=O) groups excluding carboxylic acids is 1. The zero-order valence-corrected chi connectivity index (χ0v) is 27.9. The van der Waals surface area contributed by atoms with Crippen molar-refractivity contribution in [3.63, 3.8) is 0 Å². The zero-order chi connectivity index (χ0) is 33.1. The van der Waals surface area contributed by atoms with Crippen LogP contribution in [0.15, 0.2) is 76.5 Å². The van der Waals surface area contributed by atoms with Crippen molar-refractivity contribution in [2.45, 2.75) is 42.1 Å². The van der Waals surface area contributed by atoms with Gasteiger partial charge in [0, 0.05) is 13.1 Å². The van der Waals surface area contributed by atoms with E-state index in [9.17, 15) is 21.6 Å². The monoisotopic (exact) mass is 673 g/mol. The van der Waals surface area contributed by atoms with Crippen LogP contribution in [0.3, 0.4) is 0 Å². The van der Waals surface area contributed by atoms with Crippen molar-refractivity contribution in [2.75, 3.05) is 57.4 Å². The number of hydrogen-bond acceptors (Lipinski definition) is 9. The molecule has 46 heavy (non-hydrogen) atoms. The van der Waals surface area contributed by atoms with Crippen molar-refractivity contribution >= 4 is 31.6 Å². The van der Waals surface area contributed by atoms with Gasteiger partial charge in [-0.25, -0.2) is 16.8 Å². The highest BCUT2D eigenvalue weighted by Gasteiger charge is 2.38. The maximum atomic E-state index is 13.9. The molecule has 0 aromatic heterocycles. The summed E-state index contributed by atoms with van der Waals surface area (Å²) in [5.74, 6) is 0.727. The molecule has 2 heterocycles. The summed E-state index contributed by atoms with van der Waals surface area (Å²) in [5, 5.41) is 2.75. The second-order valence-corrected chi connectivity index (χ2v) is 15.7. The van der Waals surface area contributed by atoms with E-state index in [1.54, 1.807) is 36.4 Å². The third-order valence-corrected chi connectivity index (χ3v) is 11.4. The Bertz CT molecular complexity index is 1750. The van der Waals surface area contributed by atoms with Crippen LogP contribution in [0.25, 0.3) is 0 Å². The van der Waals surface area contributed by atoms with E-state index in [4.69, 9.17) is 18.9 Å². The van der Waals surface area contributed by atoms with E-state index in [1.807, 2.05) is 26.8 Å². The van der Waals surface area contributed by atoms with Crippen molar-refractivity contribution in [2.24, 2.45) is 0 Å². The van der Waals surface area contributed by atoms with Gasteiger partial charge in [-0.1, -0.05) is 26.8 Å². The Morgan fingerprint density at radius 3 is 2.11 bits per heavy atom. The molecule has 1 saturated heterocycles. The largest absolute Gasteiger partial charge is 0.497 e. The lowest BCUT2D eigenvalue weighted by Gasteiger charge is -2.36. The number of hydrogen-bond donors (Lipinski definition) is 1. The van der Waals surface area contributed by atoms with E-state index < -0.39 is 32.1 Å². The lowest BCUT2D eigenvalue weighted by molar-refractivity contribution is -0.127. The van der Waals surface area contributed by atoms with Crippen LogP contribution in [0.4, 0.5) is 5.69 Å². The van der Waals surface area contributed by atoms with Gasteiger partial charge in [-0.05, 0) is 71.6 Å². The molecule has 12 nitrogen and oxygen atoms in total. The summed E-state index contributed by atoms with van der Waals surface area (Å²) >= 11 is 0. The fourth-order valence-corrected chi connectivity index (χ4v) is 7.93. The van der Waals surface area contributed by atoms with E-state index >= 15 is 0 Å². The Hall–Kier alpha value is -3.85. The molecule has 0 aliphatic carbocycles. The molecule has 248 valence electrons. The highest BCUT2D eigenvalue weighted by Crippen LogP contribution is 2.40. The van der Waals surface area contributed by atoms with E-state index in [0.717, 1.165) is 5.56 Å². The van der Waals surface area contributed by atoms with Gasteiger partial charge in [0.15, 0.2) is 6.10 Å². The molecule has 1 unspecified atom stereocenters. The molecule has 14 heteroatoms. The quantitative estimate of drug-likeness (QED) is 0.322. The van der Waals surface area contributed by atoms with Crippen LogP contribution in [-0.4, -0.2) is 86.3 Å². The number of anilines is 1. The van der Waals surface area contributed by atoms with Crippen molar-refractivity contribution in [1.29, 1.82) is 0 Å². The highest BCUT2D eigenvalue weighted by atomic mass is 32.2. The molecule has 2 aliphatic rings. The van der Waals surface area contributed by atoms with Crippen LogP contribution in [0.2, 0.25) is 0 Å². The normalized spacial score (nSPS) is 17.5. The number of benzene rings is 3. The first-order valence-corrected chi connectivity index (χ1v) is 17.8. The number of carbonyl (C=O) groups is 1. The number of ether oxygens (including phenoxy) is 4. The van der Waals surface area contributed by atoms with Gasteiger partial charge in [-0.2, -0.15) is 4.31 Å². The van der Waals surface area contributed by atoms with Crippen LogP contribution in [0.5, 0.6) is 17.2 Å². The summed E-state index contributed by atoms with van der Waals surface area (Å²) < 4.78 is 78.2. The van der Waals surface area contributed by atoms with Gasteiger partial charge in [0.1, 0.15) is 23.9 Å². The number of nitrogens with zero attached hydrogens (tertiary/aromatic N) is 2. The molecule has 2 aliphatic heterocycles. The first-order chi connectivity index (χ1) is 21.8. The minimum Gasteiger partial charge on any atom is -0.497 e. The molecule has 0 radical (unpaired) electrons. The fourth-order valence-electron chi connectivity index (χ4n) is 5.06. The molecular formula is C32H39N3O9S2. The molecule has 0 bridgehead atoms. The molecule has 1 fully saturated rings. The van der Waals surface area contributed by atoms with Gasteiger partial charge in [0.2, 0.25) is 10.0 Å². The Kier molecular flexibility index (Phi) is 9.82. The summed E-state index contributed by atoms with van der Waals surface area (Å²) in [7, 11) is -6.19. The number of sulfonamides is 2. The summed E-state index contributed by atoms with van der Waals surface area (Å²) in [6.07, 6.45) is -1.12. The Labute approximate surface area is 270 Å². The van der Waals surface area contributed by atoms with Gasteiger partial charge in [-0.3, -0.25) is 9.10 Å². The first-order valence-electron chi connectivity index (χ1n) is 14.9. The molecule has 0 spiro atoms. The molecular weight excluding hydrogens is 634 g/mol. The second kappa shape index (κ2) is 13.5. The van der Waals surface area contributed by atoms with Crippen LogP contribution >= 0.6 is 0 Å². The zero-order valence-electron chi connectivity index (χ0n) is 26.3. The van der Waals surface area contributed by atoms with Crippen molar-refractivity contribution in [1.82, 2.24) is 9.62 Å². The molecule has 3 aromatic rings. The van der Waals surface area contributed by atoms with E-state index in [1.165, 1.54) is 40.0 Å². The number of morpholine rings is 1. The van der Waals surface area contributed by atoms with Crippen LogP contribution < -0.4 is 23.8 Å². The Balaban J connectivity index is 1.25. The van der Waals surface area contributed by atoms with Gasteiger partial charge in [-0.15, -0.1) is 0 Å². The molecule has 5 rings (SSSR count). The van der Waals surface area contributed by atoms with Crippen LogP contribution in [-0.2, 0) is 35.0 Å². The minimum absolute atomic E-state index is 0.0543. The summed E-state index contributed by atoms with van der Waals surface area (Å²) in [6, 6.07) is 17.5. The van der Waals surface area contributed by atoms with E-state index in [0.29, 0.717) is 43.5 Å². The van der Waals surface area contributed by atoms with Crippen molar-refractivity contribution < 1.29 is 40.6 Å². The van der Waals surface area contributed by atoms with Gasteiger partial charge in [0.25, 0.3) is 15.9 Å². The molecule has 3 aromatic carbocycles. The van der Waals surface area contributed by atoms with Crippen molar-refractivity contribution in [3.05, 3.63) is 72.3 Å². The van der Waals surface area contributed by atoms with Gasteiger partial charge in [0.05, 0.1) is 48.9 Å². The Morgan fingerprint density at radius 1 is 0.891 bits per heavy atom. The van der Waals surface area contributed by atoms with Gasteiger partial charge < -0.3 is 24.3 Å². The smallest absolute Gasteiger partial charge is 0.264 e. The SMILES string of the molecule is COc1ccc(S(=O)(=O)N2CC(C(=O)NCCOc3ccc(S(=O)(=O)N4CCOCC4)cc3)Oc3ccc(C(C)(C)C)cc32)cc1. The average Bonchev–Trinajstić information content (AvgIpc) is 3.06. The molecule has 1 N–H and O–H groups in total.